The first-order valence-electron chi connectivity index (χ1n) is 14.3. The lowest BCUT2D eigenvalue weighted by Crippen LogP contribution is -2.55. The Hall–Kier alpha value is -4.29. The van der Waals surface area contributed by atoms with E-state index in [2.05, 4.69) is 28.2 Å². The number of amides is 1. The Morgan fingerprint density at radius 2 is 1.52 bits per heavy atom. The first-order valence-corrected chi connectivity index (χ1v) is 15.1. The molecule has 0 aliphatic carbocycles. The van der Waals surface area contributed by atoms with Gasteiger partial charge in [-0.15, -0.1) is 0 Å². The van der Waals surface area contributed by atoms with Gasteiger partial charge in [0.05, 0.1) is 12.0 Å². The number of benzene rings is 4. The molecule has 0 aromatic heterocycles. The predicted octanol–water partition coefficient (Wildman–Crippen LogP) is 7.26. The number of rotatable bonds is 6. The van der Waals surface area contributed by atoms with E-state index in [4.69, 9.17) is 0 Å². The van der Waals surface area contributed by atoms with Crippen LogP contribution >= 0.6 is 15.9 Å². The molecule has 1 fully saturated rings. The molecule has 3 aliphatic heterocycles. The Morgan fingerprint density at radius 1 is 0.857 bits per heavy atom. The fourth-order valence-corrected chi connectivity index (χ4v) is 7.48. The predicted molar refractivity (Wildman–Crippen MR) is 169 cm³/mol. The lowest BCUT2D eigenvalue weighted by Gasteiger charge is -2.37. The van der Waals surface area contributed by atoms with Crippen molar-refractivity contribution in [1.29, 1.82) is 0 Å². The molecule has 1 amide bonds. The van der Waals surface area contributed by atoms with Crippen LogP contribution in [0.3, 0.4) is 0 Å². The number of Topliss-reactive ketones (excluding diaryl/α,β-unsaturated/α-hetero) is 2. The minimum absolute atomic E-state index is 0.143. The molecule has 4 aromatic rings. The van der Waals surface area contributed by atoms with Crippen LogP contribution in [0.4, 0.5) is 11.4 Å². The summed E-state index contributed by atoms with van der Waals surface area (Å²) in [5.41, 5.74) is 3.85. The van der Waals surface area contributed by atoms with Crippen LogP contribution in [0.25, 0.3) is 6.08 Å². The third-order valence-corrected chi connectivity index (χ3v) is 9.51. The second-order valence-corrected chi connectivity index (χ2v) is 12.2. The average Bonchev–Trinajstić information content (AvgIpc) is 3.49. The molecule has 3 heterocycles. The maximum absolute atomic E-state index is 14.8. The van der Waals surface area contributed by atoms with Gasteiger partial charge in [-0.2, -0.15) is 0 Å². The van der Waals surface area contributed by atoms with E-state index < -0.39 is 23.4 Å². The molecular formula is C36H29BrN2O3. The minimum Gasteiger partial charge on any atom is -0.352 e. The number of nitrogens with one attached hydrogen (secondary N) is 1. The van der Waals surface area contributed by atoms with Crippen LogP contribution in [0.5, 0.6) is 0 Å². The van der Waals surface area contributed by atoms with Crippen LogP contribution < -0.4 is 10.2 Å². The van der Waals surface area contributed by atoms with E-state index >= 15 is 0 Å². The summed E-state index contributed by atoms with van der Waals surface area (Å²) in [6.45, 7) is 2.13. The van der Waals surface area contributed by atoms with E-state index in [-0.39, 0.29) is 17.5 Å². The summed E-state index contributed by atoms with van der Waals surface area (Å²) in [5, 5.41) is 3.07. The molecule has 0 radical (unpaired) electrons. The molecule has 4 unspecified atom stereocenters. The Balaban J connectivity index is 1.49. The standard InChI is InChI=1S/C36H29BrN2O3/c1-2-7-22-12-14-24(15-13-22)32(40)31-30-21-18-23-8-3-6-11-29(23)39(30)34(33(41)25-16-19-26(37)20-17-25)36(31)27-9-4-5-10-28(27)38-35(36)42/h3-6,8-21,30-31,34H,2,7H2,1H3,(H,38,42). The number of carbonyl (C=O) groups excluding carboxylic acids is 3. The number of aryl methyl sites for hydroxylation is 1. The highest BCUT2D eigenvalue weighted by Gasteiger charge is 2.70. The van der Waals surface area contributed by atoms with Gasteiger partial charge in [0, 0.05) is 27.0 Å². The first-order chi connectivity index (χ1) is 20.4. The lowest BCUT2D eigenvalue weighted by atomic mass is 9.63. The number of nitrogens with zero attached hydrogens (tertiary/aromatic N) is 1. The van der Waals surface area contributed by atoms with Gasteiger partial charge in [-0.3, -0.25) is 14.4 Å². The maximum Gasteiger partial charge on any atom is 0.238 e. The van der Waals surface area contributed by atoms with Crippen molar-refractivity contribution in [3.8, 4) is 0 Å². The van der Waals surface area contributed by atoms with Gasteiger partial charge in [0.1, 0.15) is 11.5 Å². The van der Waals surface area contributed by atoms with E-state index in [1.807, 2.05) is 102 Å². The number of carbonyl (C=O) groups is 3. The number of halogens is 1. The van der Waals surface area contributed by atoms with Gasteiger partial charge >= 0.3 is 0 Å². The third kappa shape index (κ3) is 3.85. The fourth-order valence-electron chi connectivity index (χ4n) is 7.21. The summed E-state index contributed by atoms with van der Waals surface area (Å²) < 4.78 is 0.854. The summed E-state index contributed by atoms with van der Waals surface area (Å²) in [6.07, 6.45) is 5.95. The molecule has 4 aromatic carbocycles. The largest absolute Gasteiger partial charge is 0.352 e. The SMILES string of the molecule is CCCc1ccc(C(=O)C2C3C=Cc4ccccc4N3C(C(=O)c3ccc(Br)cc3)C23C(=O)Nc2ccccc23)cc1. The molecule has 1 N–H and O–H groups in total. The monoisotopic (exact) mass is 616 g/mol. The summed E-state index contributed by atoms with van der Waals surface area (Å²) in [6, 6.07) is 28.9. The smallest absolute Gasteiger partial charge is 0.238 e. The highest BCUT2D eigenvalue weighted by Crippen LogP contribution is 2.58. The van der Waals surface area contributed by atoms with E-state index in [1.165, 1.54) is 0 Å². The molecule has 5 nitrogen and oxygen atoms in total. The van der Waals surface area contributed by atoms with Crippen LogP contribution in [0.2, 0.25) is 0 Å². The van der Waals surface area contributed by atoms with Crippen LogP contribution in [-0.4, -0.2) is 29.6 Å². The number of fused-ring (bicyclic) bond motifs is 5. The van der Waals surface area contributed by atoms with Gasteiger partial charge in [0.25, 0.3) is 0 Å². The van der Waals surface area contributed by atoms with Crippen molar-refractivity contribution < 1.29 is 14.4 Å². The molecular weight excluding hydrogens is 588 g/mol. The van der Waals surface area contributed by atoms with Crippen LogP contribution in [0, 0.1) is 5.92 Å². The van der Waals surface area contributed by atoms with Gasteiger partial charge in [-0.1, -0.05) is 114 Å². The molecule has 1 saturated heterocycles. The molecule has 6 heteroatoms. The lowest BCUT2D eigenvalue weighted by molar-refractivity contribution is -0.121. The van der Waals surface area contributed by atoms with E-state index in [0.717, 1.165) is 34.1 Å². The second kappa shape index (κ2) is 10.2. The minimum atomic E-state index is -1.45. The van der Waals surface area contributed by atoms with Crippen LogP contribution in [0.15, 0.2) is 108 Å². The average molecular weight is 618 g/mol. The Kier molecular flexibility index (Phi) is 6.47. The van der Waals surface area contributed by atoms with Gasteiger partial charge in [-0.05, 0) is 47.4 Å². The van der Waals surface area contributed by atoms with E-state index in [1.54, 1.807) is 12.1 Å². The van der Waals surface area contributed by atoms with Crippen molar-refractivity contribution in [2.24, 2.45) is 5.92 Å². The molecule has 4 atom stereocenters. The molecule has 42 heavy (non-hydrogen) atoms. The van der Waals surface area contributed by atoms with Gasteiger partial charge in [-0.25, -0.2) is 0 Å². The van der Waals surface area contributed by atoms with Gasteiger partial charge < -0.3 is 10.2 Å². The third-order valence-electron chi connectivity index (χ3n) is 8.98. The Labute approximate surface area is 253 Å². The van der Waals surface area contributed by atoms with Crippen molar-refractivity contribution in [3.05, 3.63) is 135 Å². The van der Waals surface area contributed by atoms with E-state index in [9.17, 15) is 14.4 Å². The second-order valence-electron chi connectivity index (χ2n) is 11.2. The normalized spacial score (nSPS) is 23.3. The Morgan fingerprint density at radius 3 is 2.29 bits per heavy atom. The highest BCUT2D eigenvalue weighted by atomic mass is 79.9. The number of para-hydroxylation sites is 2. The number of ketones is 2. The molecule has 7 rings (SSSR count). The number of anilines is 2. The molecule has 0 bridgehead atoms. The van der Waals surface area contributed by atoms with Crippen LogP contribution in [-0.2, 0) is 16.6 Å². The quantitative estimate of drug-likeness (QED) is 0.232. The molecule has 3 aliphatic rings. The van der Waals surface area contributed by atoms with Gasteiger partial charge in [0.2, 0.25) is 5.91 Å². The summed E-state index contributed by atoms with van der Waals surface area (Å²) in [7, 11) is 0. The van der Waals surface area contributed by atoms with Crippen molar-refractivity contribution in [3.63, 3.8) is 0 Å². The summed E-state index contributed by atoms with van der Waals surface area (Å²) >= 11 is 3.48. The fraction of sp³-hybridized carbons (Fsp3) is 0.194. The maximum atomic E-state index is 14.8. The molecule has 1 spiro atoms. The highest BCUT2D eigenvalue weighted by molar-refractivity contribution is 9.10. The number of hydrogen-bond acceptors (Lipinski definition) is 4. The van der Waals surface area contributed by atoms with Crippen molar-refractivity contribution in [2.75, 3.05) is 10.2 Å². The van der Waals surface area contributed by atoms with Crippen molar-refractivity contribution in [2.45, 2.75) is 37.3 Å². The van der Waals surface area contributed by atoms with Crippen molar-refractivity contribution >= 4 is 50.9 Å². The zero-order chi connectivity index (χ0) is 29.0. The molecule has 0 saturated carbocycles. The molecule has 208 valence electrons. The zero-order valence-corrected chi connectivity index (χ0v) is 24.7. The first kappa shape index (κ1) is 26.6. The topological polar surface area (TPSA) is 66.5 Å². The number of hydrogen-bond donors (Lipinski definition) is 1. The zero-order valence-electron chi connectivity index (χ0n) is 23.1. The summed E-state index contributed by atoms with van der Waals surface area (Å²) in [4.78, 5) is 46.1. The van der Waals surface area contributed by atoms with Crippen LogP contribution in [0.1, 0.15) is 50.8 Å². The van der Waals surface area contributed by atoms with E-state index in [0.29, 0.717) is 22.4 Å². The van der Waals surface area contributed by atoms with Crippen molar-refractivity contribution in [1.82, 2.24) is 0 Å². The van der Waals surface area contributed by atoms with Gasteiger partial charge in [0.15, 0.2) is 11.6 Å². The Bertz CT molecular complexity index is 1760. The summed E-state index contributed by atoms with van der Waals surface area (Å²) in [5.74, 6) is -1.50.